The Kier molecular flexibility index (Phi) is 1.46. The molecule has 1 saturated heterocycles. The van der Waals surface area contributed by atoms with Crippen LogP contribution >= 0.6 is 0 Å². The lowest BCUT2D eigenvalue weighted by atomic mass is 9.90. The van der Waals surface area contributed by atoms with Gasteiger partial charge in [0.25, 0.3) is 0 Å². The molecule has 1 fully saturated rings. The molecule has 0 aromatic carbocycles. The van der Waals surface area contributed by atoms with Crippen LogP contribution in [0.5, 0.6) is 0 Å². The molecular weight excluding hydrogens is 150 g/mol. The van der Waals surface area contributed by atoms with Gasteiger partial charge in [0.2, 0.25) is 0 Å². The second-order valence-corrected chi connectivity index (χ2v) is 3.50. The zero-order chi connectivity index (χ0) is 8.72. The fourth-order valence-corrected chi connectivity index (χ4v) is 1.81. The van der Waals surface area contributed by atoms with Gasteiger partial charge in [-0.05, 0) is 6.08 Å². The molecule has 0 bridgehead atoms. The molecule has 0 aromatic rings. The van der Waals surface area contributed by atoms with E-state index in [1.165, 1.54) is 0 Å². The molecule has 2 atom stereocenters. The first-order chi connectivity index (χ1) is 5.68. The highest BCUT2D eigenvalue weighted by Crippen LogP contribution is 2.26. The molecule has 3 heteroatoms. The first-order valence-electron chi connectivity index (χ1n) is 4.17. The number of fused-ring (bicyclic) bond motifs is 1. The predicted molar refractivity (Wildman–Crippen MR) is 48.8 cm³/mol. The maximum atomic E-state index is 7.72. The highest BCUT2D eigenvalue weighted by atomic mass is 15.3. The maximum Gasteiger partial charge on any atom is 0.121 e. The minimum absolute atomic E-state index is 0.250. The standard InChI is InChI=1S/C9H13N3/c1-6-5-12-4-3-7(2)11-9(10)8(6)12/h3-4,6,8H,2,5H2,1H3,(H2,10,11)/t6-,8?/m1/s1. The highest BCUT2D eigenvalue weighted by molar-refractivity contribution is 5.88. The zero-order valence-corrected chi connectivity index (χ0v) is 7.17. The average molecular weight is 163 g/mol. The molecule has 2 rings (SSSR count). The second-order valence-electron chi connectivity index (χ2n) is 3.50. The topological polar surface area (TPSA) is 39.1 Å². The molecular formula is C9H13N3. The van der Waals surface area contributed by atoms with Gasteiger partial charge in [-0.2, -0.15) is 0 Å². The van der Waals surface area contributed by atoms with Crippen molar-refractivity contribution in [1.82, 2.24) is 10.2 Å². The molecule has 3 nitrogen and oxygen atoms in total. The lowest BCUT2D eigenvalue weighted by Crippen LogP contribution is -2.58. The van der Waals surface area contributed by atoms with Crippen LogP contribution in [-0.4, -0.2) is 23.3 Å². The first-order valence-corrected chi connectivity index (χ1v) is 4.17. The third kappa shape index (κ3) is 0.932. The summed E-state index contributed by atoms with van der Waals surface area (Å²) in [5.74, 6) is 1.16. The summed E-state index contributed by atoms with van der Waals surface area (Å²) in [6.07, 6.45) is 3.93. The summed E-state index contributed by atoms with van der Waals surface area (Å²) < 4.78 is 0. The normalized spacial score (nSPS) is 33.6. The third-order valence-electron chi connectivity index (χ3n) is 2.45. The van der Waals surface area contributed by atoms with Crippen molar-refractivity contribution in [2.45, 2.75) is 13.0 Å². The van der Waals surface area contributed by atoms with Crippen molar-refractivity contribution >= 4 is 5.84 Å². The Labute approximate surface area is 72.3 Å². The largest absolute Gasteiger partial charge is 0.367 e. The van der Waals surface area contributed by atoms with Crippen LogP contribution in [0.1, 0.15) is 6.92 Å². The number of nitrogens with one attached hydrogen (secondary N) is 2. The van der Waals surface area contributed by atoms with Gasteiger partial charge in [-0.1, -0.05) is 13.5 Å². The third-order valence-corrected chi connectivity index (χ3v) is 2.45. The van der Waals surface area contributed by atoms with Crippen LogP contribution in [-0.2, 0) is 0 Å². The van der Waals surface area contributed by atoms with Crippen molar-refractivity contribution in [2.24, 2.45) is 5.92 Å². The van der Waals surface area contributed by atoms with Gasteiger partial charge in [0.05, 0.1) is 6.04 Å². The summed E-state index contributed by atoms with van der Waals surface area (Å²) >= 11 is 0. The zero-order valence-electron chi connectivity index (χ0n) is 7.17. The summed E-state index contributed by atoms with van der Waals surface area (Å²) in [6.45, 7) is 7.00. The number of rotatable bonds is 0. The van der Waals surface area contributed by atoms with Crippen LogP contribution in [0.25, 0.3) is 0 Å². The number of allylic oxidation sites excluding steroid dienone is 1. The van der Waals surface area contributed by atoms with E-state index in [9.17, 15) is 0 Å². The molecule has 2 aliphatic rings. The van der Waals surface area contributed by atoms with Crippen molar-refractivity contribution in [1.29, 1.82) is 5.41 Å². The Morgan fingerprint density at radius 1 is 1.75 bits per heavy atom. The van der Waals surface area contributed by atoms with Crippen molar-refractivity contribution < 1.29 is 0 Å². The molecule has 0 spiro atoms. The molecule has 12 heavy (non-hydrogen) atoms. The minimum Gasteiger partial charge on any atom is -0.367 e. The van der Waals surface area contributed by atoms with Crippen LogP contribution in [0.4, 0.5) is 0 Å². The van der Waals surface area contributed by atoms with Gasteiger partial charge in [-0.3, -0.25) is 5.41 Å². The summed E-state index contributed by atoms with van der Waals surface area (Å²) in [4.78, 5) is 2.16. The molecule has 0 radical (unpaired) electrons. The van der Waals surface area contributed by atoms with E-state index >= 15 is 0 Å². The smallest absolute Gasteiger partial charge is 0.121 e. The van der Waals surface area contributed by atoms with Gasteiger partial charge in [0.1, 0.15) is 5.84 Å². The Hall–Kier alpha value is -1.25. The van der Waals surface area contributed by atoms with Crippen LogP contribution < -0.4 is 5.32 Å². The van der Waals surface area contributed by atoms with Crippen LogP contribution in [0, 0.1) is 11.3 Å². The number of hydrogen-bond donors (Lipinski definition) is 2. The number of nitrogens with zero attached hydrogens (tertiary/aromatic N) is 1. The van der Waals surface area contributed by atoms with Crippen LogP contribution in [0.2, 0.25) is 0 Å². The second kappa shape index (κ2) is 2.37. The number of hydrogen-bond acceptors (Lipinski definition) is 2. The monoisotopic (exact) mass is 163 g/mol. The van der Waals surface area contributed by atoms with Gasteiger partial charge < -0.3 is 10.2 Å². The molecule has 64 valence electrons. The molecule has 2 heterocycles. The Balaban J connectivity index is 2.22. The minimum atomic E-state index is 0.250. The lowest BCUT2D eigenvalue weighted by molar-refractivity contribution is 0.128. The summed E-state index contributed by atoms with van der Waals surface area (Å²) in [5.41, 5.74) is 0.807. The lowest BCUT2D eigenvalue weighted by Gasteiger charge is -2.45. The predicted octanol–water partition coefficient (Wildman–Crippen LogP) is 0.915. The molecule has 0 saturated carbocycles. The fourth-order valence-electron chi connectivity index (χ4n) is 1.81. The molecule has 0 amide bonds. The van der Waals surface area contributed by atoms with E-state index in [1.807, 2.05) is 12.3 Å². The average Bonchev–Trinajstić information content (AvgIpc) is 2.05. The summed E-state index contributed by atoms with van der Waals surface area (Å²) in [7, 11) is 0. The van der Waals surface area contributed by atoms with Crippen LogP contribution in [0.15, 0.2) is 24.6 Å². The SMILES string of the molecule is C=C1C=CN2C[C@@H](C)C2C(=N)N1. The van der Waals surface area contributed by atoms with Gasteiger partial charge in [0.15, 0.2) is 0 Å². The van der Waals surface area contributed by atoms with E-state index in [-0.39, 0.29) is 6.04 Å². The maximum absolute atomic E-state index is 7.72. The van der Waals surface area contributed by atoms with Gasteiger partial charge >= 0.3 is 0 Å². The molecule has 0 aliphatic carbocycles. The van der Waals surface area contributed by atoms with E-state index in [4.69, 9.17) is 5.41 Å². The van der Waals surface area contributed by atoms with Crippen molar-refractivity contribution in [2.75, 3.05) is 6.54 Å². The highest BCUT2D eigenvalue weighted by Gasteiger charge is 2.37. The Morgan fingerprint density at radius 2 is 2.50 bits per heavy atom. The summed E-state index contributed by atoms with van der Waals surface area (Å²) in [6, 6.07) is 0.250. The van der Waals surface area contributed by atoms with Crippen molar-refractivity contribution in [3.63, 3.8) is 0 Å². The van der Waals surface area contributed by atoms with Gasteiger partial charge in [-0.15, -0.1) is 0 Å². The summed E-state index contributed by atoms with van der Waals surface area (Å²) in [5, 5.41) is 10.7. The molecule has 1 unspecified atom stereocenters. The molecule has 0 aromatic heterocycles. The quantitative estimate of drug-likeness (QED) is 0.557. The number of amidine groups is 1. The molecule has 2 aliphatic heterocycles. The van der Waals surface area contributed by atoms with Gasteiger partial charge in [-0.25, -0.2) is 0 Å². The van der Waals surface area contributed by atoms with Crippen molar-refractivity contribution in [3.05, 3.63) is 24.6 Å². The van der Waals surface area contributed by atoms with Crippen molar-refractivity contribution in [3.8, 4) is 0 Å². The Bertz CT molecular complexity index is 267. The van der Waals surface area contributed by atoms with E-state index in [0.29, 0.717) is 11.8 Å². The van der Waals surface area contributed by atoms with Crippen LogP contribution in [0.3, 0.4) is 0 Å². The molecule has 2 N–H and O–H groups in total. The van der Waals surface area contributed by atoms with E-state index < -0.39 is 0 Å². The Morgan fingerprint density at radius 3 is 3.17 bits per heavy atom. The van der Waals surface area contributed by atoms with E-state index in [2.05, 4.69) is 23.7 Å². The first kappa shape index (κ1) is 7.40. The van der Waals surface area contributed by atoms with E-state index in [1.54, 1.807) is 0 Å². The van der Waals surface area contributed by atoms with E-state index in [0.717, 1.165) is 12.2 Å². The fraction of sp³-hybridized carbons (Fsp3) is 0.444. The van der Waals surface area contributed by atoms with Gasteiger partial charge in [0, 0.05) is 24.4 Å².